The largest absolute Gasteiger partial charge is 0.486 e. The molecule has 29 heavy (non-hydrogen) atoms. The first-order valence-electron chi connectivity index (χ1n) is 9.21. The van der Waals surface area contributed by atoms with E-state index in [1.807, 2.05) is 35.8 Å². The van der Waals surface area contributed by atoms with Gasteiger partial charge in [-0.05, 0) is 49.2 Å². The molecule has 3 rings (SSSR count). The molecule has 0 unspecified atom stereocenters. The van der Waals surface area contributed by atoms with Crippen molar-refractivity contribution in [2.45, 2.75) is 38.7 Å². The Kier molecular flexibility index (Phi) is 7.13. The van der Waals surface area contributed by atoms with E-state index in [-0.39, 0.29) is 18.3 Å². The van der Waals surface area contributed by atoms with Crippen LogP contribution in [-0.2, 0) is 24.5 Å². The van der Waals surface area contributed by atoms with Crippen molar-refractivity contribution in [2.24, 2.45) is 0 Å². The first kappa shape index (κ1) is 20.7. The molecule has 0 aliphatic heterocycles. The van der Waals surface area contributed by atoms with Crippen molar-refractivity contribution >= 4 is 17.7 Å². The molecule has 7 nitrogen and oxygen atoms in total. The van der Waals surface area contributed by atoms with Crippen LogP contribution in [-0.4, -0.2) is 26.4 Å². The molecule has 8 heteroatoms. The number of aryl methyl sites for hydroxylation is 2. The van der Waals surface area contributed by atoms with Crippen LogP contribution in [0.3, 0.4) is 0 Å². The SMILES string of the molecule is C=CCn1c(COc2ccc(C)c(C)c2)nnc1SCC(=O)NCc1ccco1. The van der Waals surface area contributed by atoms with Crippen LogP contribution in [0.4, 0.5) is 0 Å². The van der Waals surface area contributed by atoms with E-state index in [0.717, 1.165) is 5.75 Å². The number of carbonyl (C=O) groups excluding carboxylic acids is 1. The molecule has 0 spiro atoms. The fraction of sp³-hybridized carbons (Fsp3) is 0.286. The number of aromatic nitrogens is 3. The van der Waals surface area contributed by atoms with Crippen LogP contribution in [0.2, 0.25) is 0 Å². The van der Waals surface area contributed by atoms with Gasteiger partial charge in [-0.1, -0.05) is 23.9 Å². The van der Waals surface area contributed by atoms with Crippen molar-refractivity contribution in [2.75, 3.05) is 5.75 Å². The maximum Gasteiger partial charge on any atom is 0.230 e. The van der Waals surface area contributed by atoms with E-state index in [9.17, 15) is 4.79 Å². The highest BCUT2D eigenvalue weighted by molar-refractivity contribution is 7.99. The Hall–Kier alpha value is -3.00. The van der Waals surface area contributed by atoms with Gasteiger partial charge >= 0.3 is 0 Å². The van der Waals surface area contributed by atoms with Gasteiger partial charge in [-0.25, -0.2) is 0 Å². The molecular formula is C21H24N4O3S. The first-order chi connectivity index (χ1) is 14.1. The van der Waals surface area contributed by atoms with Crippen LogP contribution in [0.1, 0.15) is 22.7 Å². The lowest BCUT2D eigenvalue weighted by Crippen LogP contribution is -2.24. The van der Waals surface area contributed by atoms with Gasteiger partial charge in [0.2, 0.25) is 5.91 Å². The Bertz CT molecular complexity index is 966. The van der Waals surface area contributed by atoms with Gasteiger partial charge in [-0.15, -0.1) is 16.8 Å². The van der Waals surface area contributed by atoms with Gasteiger partial charge in [0.15, 0.2) is 11.0 Å². The van der Waals surface area contributed by atoms with E-state index in [4.69, 9.17) is 9.15 Å². The molecule has 1 amide bonds. The summed E-state index contributed by atoms with van der Waals surface area (Å²) in [7, 11) is 0. The lowest BCUT2D eigenvalue weighted by Gasteiger charge is -2.10. The fourth-order valence-corrected chi connectivity index (χ4v) is 3.37. The molecule has 1 N–H and O–H groups in total. The van der Waals surface area contributed by atoms with Gasteiger partial charge in [0, 0.05) is 6.54 Å². The van der Waals surface area contributed by atoms with Crippen molar-refractivity contribution in [1.82, 2.24) is 20.1 Å². The zero-order valence-corrected chi connectivity index (χ0v) is 17.4. The number of furan rings is 1. The van der Waals surface area contributed by atoms with Crippen molar-refractivity contribution < 1.29 is 13.9 Å². The Balaban J connectivity index is 1.57. The van der Waals surface area contributed by atoms with E-state index < -0.39 is 0 Å². The molecule has 0 saturated heterocycles. The summed E-state index contributed by atoms with van der Waals surface area (Å²) in [5.74, 6) is 2.30. The number of nitrogens with one attached hydrogen (secondary N) is 1. The van der Waals surface area contributed by atoms with Crippen LogP contribution >= 0.6 is 11.8 Å². The number of ether oxygens (including phenoxy) is 1. The third kappa shape index (κ3) is 5.74. The number of amides is 1. The first-order valence-corrected chi connectivity index (χ1v) is 10.2. The van der Waals surface area contributed by atoms with Crippen molar-refractivity contribution in [1.29, 1.82) is 0 Å². The molecule has 2 heterocycles. The summed E-state index contributed by atoms with van der Waals surface area (Å²) in [6.07, 6.45) is 3.35. The molecule has 2 aromatic heterocycles. The zero-order chi connectivity index (χ0) is 20.6. The summed E-state index contributed by atoms with van der Waals surface area (Å²) in [5.41, 5.74) is 2.39. The van der Waals surface area contributed by atoms with Gasteiger partial charge < -0.3 is 14.5 Å². The maximum absolute atomic E-state index is 12.1. The van der Waals surface area contributed by atoms with E-state index in [1.165, 1.54) is 22.9 Å². The molecule has 3 aromatic rings. The number of hydrogen-bond acceptors (Lipinski definition) is 6. The number of thioether (sulfide) groups is 1. The summed E-state index contributed by atoms with van der Waals surface area (Å²) in [6.45, 7) is 9.09. The van der Waals surface area contributed by atoms with Crippen LogP contribution < -0.4 is 10.1 Å². The minimum absolute atomic E-state index is 0.104. The second kappa shape index (κ2) is 9.97. The van der Waals surface area contributed by atoms with Crippen LogP contribution in [0, 0.1) is 13.8 Å². The van der Waals surface area contributed by atoms with E-state index in [0.29, 0.717) is 29.8 Å². The monoisotopic (exact) mass is 412 g/mol. The second-order valence-electron chi connectivity index (χ2n) is 6.48. The molecule has 0 radical (unpaired) electrons. The minimum atomic E-state index is -0.104. The predicted octanol–water partition coefficient (Wildman–Crippen LogP) is 3.66. The smallest absolute Gasteiger partial charge is 0.230 e. The quantitative estimate of drug-likeness (QED) is 0.404. The van der Waals surface area contributed by atoms with Gasteiger partial charge in [-0.3, -0.25) is 9.36 Å². The molecule has 0 aliphatic rings. The van der Waals surface area contributed by atoms with Gasteiger partial charge in [0.1, 0.15) is 18.1 Å². The Morgan fingerprint density at radius 3 is 2.90 bits per heavy atom. The Morgan fingerprint density at radius 1 is 1.31 bits per heavy atom. The molecule has 1 aromatic carbocycles. The van der Waals surface area contributed by atoms with Crippen molar-refractivity contribution in [3.05, 3.63) is 72.0 Å². The molecule has 0 fully saturated rings. The highest BCUT2D eigenvalue weighted by Crippen LogP contribution is 2.20. The Morgan fingerprint density at radius 2 is 2.17 bits per heavy atom. The van der Waals surface area contributed by atoms with Gasteiger partial charge in [0.25, 0.3) is 0 Å². The molecule has 0 atom stereocenters. The summed E-state index contributed by atoms with van der Waals surface area (Å²) in [5, 5.41) is 11.9. The average Bonchev–Trinajstić information content (AvgIpc) is 3.36. The summed E-state index contributed by atoms with van der Waals surface area (Å²) in [4.78, 5) is 12.1. The fourth-order valence-electron chi connectivity index (χ4n) is 2.58. The maximum atomic E-state index is 12.1. The second-order valence-corrected chi connectivity index (χ2v) is 7.42. The lowest BCUT2D eigenvalue weighted by atomic mass is 10.1. The van der Waals surface area contributed by atoms with Crippen LogP contribution in [0.15, 0.2) is 58.8 Å². The highest BCUT2D eigenvalue weighted by atomic mass is 32.2. The molecule has 152 valence electrons. The summed E-state index contributed by atoms with van der Waals surface area (Å²) < 4.78 is 13.0. The van der Waals surface area contributed by atoms with Crippen LogP contribution in [0.25, 0.3) is 0 Å². The summed E-state index contributed by atoms with van der Waals surface area (Å²) >= 11 is 1.32. The molecular weight excluding hydrogens is 388 g/mol. The third-order valence-electron chi connectivity index (χ3n) is 4.32. The minimum Gasteiger partial charge on any atom is -0.486 e. The topological polar surface area (TPSA) is 82.2 Å². The summed E-state index contributed by atoms with van der Waals surface area (Å²) in [6, 6.07) is 9.57. The zero-order valence-electron chi connectivity index (χ0n) is 16.6. The number of benzene rings is 1. The Labute approximate surface area is 174 Å². The number of nitrogens with zero attached hydrogens (tertiary/aromatic N) is 3. The van der Waals surface area contributed by atoms with E-state index in [1.54, 1.807) is 18.4 Å². The number of hydrogen-bond donors (Lipinski definition) is 1. The van der Waals surface area contributed by atoms with E-state index in [2.05, 4.69) is 29.0 Å². The van der Waals surface area contributed by atoms with Gasteiger partial charge in [-0.2, -0.15) is 0 Å². The average molecular weight is 413 g/mol. The number of carbonyl (C=O) groups is 1. The normalized spacial score (nSPS) is 10.7. The standard InChI is InChI=1S/C21H24N4O3S/c1-4-9-25-19(13-28-17-8-7-15(2)16(3)11-17)23-24-21(25)29-14-20(26)22-12-18-6-5-10-27-18/h4-8,10-11H,1,9,12-14H2,2-3H3,(H,22,26). The van der Waals surface area contributed by atoms with E-state index >= 15 is 0 Å². The number of rotatable bonds is 10. The van der Waals surface area contributed by atoms with Crippen molar-refractivity contribution in [3.8, 4) is 5.75 Å². The van der Waals surface area contributed by atoms with Gasteiger partial charge in [0.05, 0.1) is 18.6 Å². The molecule has 0 bridgehead atoms. The third-order valence-corrected chi connectivity index (χ3v) is 5.29. The van der Waals surface area contributed by atoms with Crippen molar-refractivity contribution in [3.63, 3.8) is 0 Å². The predicted molar refractivity (Wildman–Crippen MR) is 112 cm³/mol. The highest BCUT2D eigenvalue weighted by Gasteiger charge is 2.14. The molecule has 0 aliphatic carbocycles. The number of allylic oxidation sites excluding steroid dienone is 1. The van der Waals surface area contributed by atoms with Crippen LogP contribution in [0.5, 0.6) is 5.75 Å². The molecule has 0 saturated carbocycles. The lowest BCUT2D eigenvalue weighted by molar-refractivity contribution is -0.118.